The van der Waals surface area contributed by atoms with Gasteiger partial charge in [0.1, 0.15) is 5.82 Å². The Balaban J connectivity index is 1.49. The van der Waals surface area contributed by atoms with Gasteiger partial charge >= 0.3 is 6.03 Å². The lowest BCUT2D eigenvalue weighted by molar-refractivity contribution is 0.0501. The van der Waals surface area contributed by atoms with Gasteiger partial charge in [-0.05, 0) is 43.4 Å². The Kier molecular flexibility index (Phi) is 4.08. The first kappa shape index (κ1) is 15.3. The molecule has 0 spiro atoms. The molecule has 0 radical (unpaired) electrons. The minimum Gasteiger partial charge on any atom is -0.388 e. The van der Waals surface area contributed by atoms with E-state index in [1.807, 2.05) is 6.07 Å². The Morgan fingerprint density at radius 1 is 1.14 bits per heavy atom. The van der Waals surface area contributed by atoms with Gasteiger partial charge in [0.05, 0.1) is 5.60 Å². The normalized spacial score (nSPS) is 21.4. The van der Waals surface area contributed by atoms with Crippen LogP contribution in [0.4, 0.5) is 9.18 Å². The molecule has 1 aromatic carbocycles. The van der Waals surface area contributed by atoms with Gasteiger partial charge in [0.2, 0.25) is 0 Å². The molecule has 0 heterocycles. The van der Waals surface area contributed by atoms with E-state index in [1.165, 1.54) is 6.07 Å². The number of benzene rings is 1. The lowest BCUT2D eigenvalue weighted by Crippen LogP contribution is -2.46. The van der Waals surface area contributed by atoms with Crippen molar-refractivity contribution in [2.24, 2.45) is 0 Å². The topological polar surface area (TPSA) is 61.4 Å². The molecule has 0 saturated heterocycles. The number of urea groups is 1. The first-order valence-corrected chi connectivity index (χ1v) is 8.02. The number of hydrogen-bond donors (Lipinski definition) is 3. The highest BCUT2D eigenvalue weighted by Crippen LogP contribution is 2.47. The Hall–Kier alpha value is -1.62. The van der Waals surface area contributed by atoms with Crippen LogP contribution in [0.25, 0.3) is 0 Å². The largest absolute Gasteiger partial charge is 0.388 e. The maximum Gasteiger partial charge on any atom is 0.314 e. The van der Waals surface area contributed by atoms with E-state index in [4.69, 9.17) is 0 Å². The molecule has 0 bridgehead atoms. The van der Waals surface area contributed by atoms with Gasteiger partial charge in [-0.1, -0.05) is 25.0 Å². The van der Waals surface area contributed by atoms with Gasteiger partial charge in [0, 0.05) is 18.5 Å². The van der Waals surface area contributed by atoms with Gasteiger partial charge in [-0.3, -0.25) is 0 Å². The summed E-state index contributed by atoms with van der Waals surface area (Å²) in [6.45, 7) is 0.798. The van der Waals surface area contributed by atoms with Crippen LogP contribution in [0.1, 0.15) is 44.1 Å². The van der Waals surface area contributed by atoms with Crippen molar-refractivity contribution < 1.29 is 14.3 Å². The van der Waals surface area contributed by atoms with Crippen molar-refractivity contribution in [3.05, 3.63) is 35.6 Å². The van der Waals surface area contributed by atoms with E-state index >= 15 is 0 Å². The summed E-state index contributed by atoms with van der Waals surface area (Å²) in [6, 6.07) is 6.34. The smallest absolute Gasteiger partial charge is 0.314 e. The van der Waals surface area contributed by atoms with Crippen LogP contribution in [0.3, 0.4) is 0 Å². The van der Waals surface area contributed by atoms with Gasteiger partial charge in [-0.2, -0.15) is 0 Å². The fraction of sp³-hybridized carbons (Fsp3) is 0.588. The highest BCUT2D eigenvalue weighted by atomic mass is 19.1. The molecule has 2 fully saturated rings. The standard InChI is InChI=1S/C17H23FN2O2/c18-14-5-3-4-13(10-14)16(8-9-16)11-19-15(21)20-12-17(22)6-1-2-7-17/h3-5,10,22H,1-2,6-9,11-12H2,(H2,19,20,21). The van der Waals surface area contributed by atoms with Crippen molar-refractivity contribution in [1.29, 1.82) is 0 Å². The zero-order valence-corrected chi connectivity index (χ0v) is 12.7. The van der Waals surface area contributed by atoms with Crippen LogP contribution in [0.5, 0.6) is 0 Å². The zero-order chi connectivity index (χ0) is 15.6. The molecular weight excluding hydrogens is 283 g/mol. The molecule has 2 saturated carbocycles. The third-order valence-electron chi connectivity index (χ3n) is 4.99. The SMILES string of the molecule is O=C(NCC1(O)CCCC1)NCC1(c2cccc(F)c2)CC1. The highest BCUT2D eigenvalue weighted by molar-refractivity contribution is 5.74. The monoisotopic (exact) mass is 306 g/mol. The fourth-order valence-electron chi connectivity index (χ4n) is 3.30. The molecule has 4 nitrogen and oxygen atoms in total. The zero-order valence-electron chi connectivity index (χ0n) is 12.7. The average molecular weight is 306 g/mol. The number of carbonyl (C=O) groups excluding carboxylic acids is 1. The Labute approximate surface area is 130 Å². The van der Waals surface area contributed by atoms with Crippen LogP contribution in [0.2, 0.25) is 0 Å². The van der Waals surface area contributed by atoms with Crippen molar-refractivity contribution in [2.45, 2.75) is 49.5 Å². The maximum atomic E-state index is 13.3. The van der Waals surface area contributed by atoms with Crippen LogP contribution in [-0.2, 0) is 5.41 Å². The van der Waals surface area contributed by atoms with Gasteiger partial charge in [-0.25, -0.2) is 9.18 Å². The Bertz CT molecular complexity index is 551. The van der Waals surface area contributed by atoms with Crippen LogP contribution in [0, 0.1) is 5.82 Å². The van der Waals surface area contributed by atoms with Gasteiger partial charge in [0.25, 0.3) is 0 Å². The summed E-state index contributed by atoms with van der Waals surface area (Å²) >= 11 is 0. The second kappa shape index (κ2) is 5.88. The predicted molar refractivity (Wildman–Crippen MR) is 82.1 cm³/mol. The molecule has 2 amide bonds. The summed E-state index contributed by atoms with van der Waals surface area (Å²) in [4.78, 5) is 11.9. The minimum absolute atomic E-state index is 0.121. The highest BCUT2D eigenvalue weighted by Gasteiger charge is 2.44. The number of amides is 2. The van der Waals surface area contributed by atoms with Gasteiger partial charge < -0.3 is 15.7 Å². The van der Waals surface area contributed by atoms with E-state index in [0.29, 0.717) is 13.1 Å². The number of hydrogen-bond acceptors (Lipinski definition) is 2. The molecule has 0 aliphatic heterocycles. The van der Waals surface area contributed by atoms with Crippen LogP contribution >= 0.6 is 0 Å². The lowest BCUT2D eigenvalue weighted by Gasteiger charge is -2.23. The van der Waals surface area contributed by atoms with Gasteiger partial charge in [0.15, 0.2) is 0 Å². The van der Waals surface area contributed by atoms with Crippen molar-refractivity contribution in [2.75, 3.05) is 13.1 Å². The molecule has 3 rings (SSSR count). The summed E-state index contributed by atoms with van der Waals surface area (Å²) in [5.74, 6) is -0.239. The third kappa shape index (κ3) is 3.40. The van der Waals surface area contributed by atoms with E-state index in [0.717, 1.165) is 44.1 Å². The number of rotatable bonds is 5. The van der Waals surface area contributed by atoms with Crippen LogP contribution in [-0.4, -0.2) is 29.8 Å². The van der Waals surface area contributed by atoms with Crippen molar-refractivity contribution in [3.63, 3.8) is 0 Å². The number of halogens is 1. The maximum absolute atomic E-state index is 13.3. The molecular formula is C17H23FN2O2. The van der Waals surface area contributed by atoms with E-state index in [1.54, 1.807) is 12.1 Å². The van der Waals surface area contributed by atoms with E-state index < -0.39 is 5.60 Å². The average Bonchev–Trinajstić information content (AvgIpc) is 3.18. The van der Waals surface area contributed by atoms with Crippen molar-refractivity contribution in [3.8, 4) is 0 Å². The summed E-state index contributed by atoms with van der Waals surface area (Å²) in [5.41, 5.74) is 0.0863. The molecule has 0 unspecified atom stereocenters. The molecule has 22 heavy (non-hydrogen) atoms. The summed E-state index contributed by atoms with van der Waals surface area (Å²) in [7, 11) is 0. The molecule has 1 aromatic rings. The number of aliphatic hydroxyl groups is 1. The molecule has 0 atom stereocenters. The molecule has 3 N–H and O–H groups in total. The van der Waals surface area contributed by atoms with E-state index in [-0.39, 0.29) is 17.3 Å². The molecule has 120 valence electrons. The second-order valence-corrected chi connectivity index (χ2v) is 6.76. The molecule has 2 aliphatic rings. The quantitative estimate of drug-likeness (QED) is 0.782. The lowest BCUT2D eigenvalue weighted by atomic mass is 9.96. The van der Waals surface area contributed by atoms with E-state index in [9.17, 15) is 14.3 Å². The predicted octanol–water partition coefficient (Wildman–Crippen LogP) is 2.46. The number of carbonyl (C=O) groups is 1. The first-order valence-electron chi connectivity index (χ1n) is 8.02. The van der Waals surface area contributed by atoms with Crippen molar-refractivity contribution >= 4 is 6.03 Å². The fourth-order valence-corrected chi connectivity index (χ4v) is 3.30. The van der Waals surface area contributed by atoms with Crippen molar-refractivity contribution in [1.82, 2.24) is 10.6 Å². The van der Waals surface area contributed by atoms with E-state index in [2.05, 4.69) is 10.6 Å². The number of nitrogens with one attached hydrogen (secondary N) is 2. The van der Waals surface area contributed by atoms with Crippen LogP contribution in [0.15, 0.2) is 24.3 Å². The first-order chi connectivity index (χ1) is 10.5. The third-order valence-corrected chi connectivity index (χ3v) is 4.99. The molecule has 5 heteroatoms. The molecule has 2 aliphatic carbocycles. The summed E-state index contributed by atoms with van der Waals surface area (Å²) in [6.07, 6.45) is 5.45. The van der Waals surface area contributed by atoms with Crippen LogP contribution < -0.4 is 10.6 Å². The minimum atomic E-state index is -0.739. The summed E-state index contributed by atoms with van der Waals surface area (Å²) < 4.78 is 13.3. The Morgan fingerprint density at radius 2 is 1.82 bits per heavy atom. The second-order valence-electron chi connectivity index (χ2n) is 6.76. The Morgan fingerprint density at radius 3 is 2.45 bits per heavy atom. The summed E-state index contributed by atoms with van der Waals surface area (Å²) in [5, 5.41) is 15.8. The van der Waals surface area contributed by atoms with Gasteiger partial charge in [-0.15, -0.1) is 0 Å². The molecule has 0 aromatic heterocycles.